The number of hydrogen-bond donors (Lipinski definition) is 0. The van der Waals surface area contributed by atoms with E-state index < -0.39 is 0 Å². The molecule has 1 fully saturated rings. The van der Waals surface area contributed by atoms with E-state index >= 15 is 0 Å². The number of rotatable bonds is 6. The number of para-hydroxylation sites is 2. The van der Waals surface area contributed by atoms with Crippen molar-refractivity contribution in [2.75, 3.05) is 18.6 Å². The minimum absolute atomic E-state index is 0.244. The Bertz CT molecular complexity index is 1230. The third-order valence-corrected chi connectivity index (χ3v) is 5.98. The fourth-order valence-corrected chi connectivity index (χ4v) is 4.48. The molecule has 1 saturated heterocycles. The van der Waals surface area contributed by atoms with Gasteiger partial charge >= 0.3 is 5.97 Å². The van der Waals surface area contributed by atoms with Crippen LogP contribution in [0, 0.1) is 0 Å². The van der Waals surface area contributed by atoms with Crippen molar-refractivity contribution in [3.63, 3.8) is 0 Å². The number of methoxy groups -OCH3 is 1. The fourth-order valence-electron chi connectivity index (χ4n) is 3.22. The maximum atomic E-state index is 13.0. The number of furan rings is 1. The predicted octanol–water partition coefficient (Wildman–Crippen LogP) is 5.54. The summed E-state index contributed by atoms with van der Waals surface area (Å²) >= 11 is 6.64. The van der Waals surface area contributed by atoms with Crippen molar-refractivity contribution in [1.82, 2.24) is 0 Å². The molecule has 1 aliphatic heterocycles. The molecule has 4 rings (SSSR count). The summed E-state index contributed by atoms with van der Waals surface area (Å²) < 4.78 is 16.8. The molecule has 1 aliphatic rings. The summed E-state index contributed by atoms with van der Waals surface area (Å²) in [5, 5.41) is 0. The zero-order chi connectivity index (χ0) is 22.7. The highest BCUT2D eigenvalue weighted by Gasteiger charge is 2.35. The smallest absolute Gasteiger partial charge is 0.338 e. The highest BCUT2D eigenvalue weighted by molar-refractivity contribution is 8.27. The number of esters is 1. The number of benzene rings is 2. The normalized spacial score (nSPS) is 14.8. The molecule has 32 heavy (non-hydrogen) atoms. The van der Waals surface area contributed by atoms with Crippen LogP contribution in [0.15, 0.2) is 70.0 Å². The molecule has 0 unspecified atom stereocenters. The average molecular weight is 466 g/mol. The van der Waals surface area contributed by atoms with Gasteiger partial charge in [-0.2, -0.15) is 0 Å². The maximum Gasteiger partial charge on any atom is 0.338 e. The van der Waals surface area contributed by atoms with E-state index in [9.17, 15) is 9.59 Å². The molecule has 0 aliphatic carbocycles. The average Bonchev–Trinajstić information content (AvgIpc) is 3.38. The molecule has 2 heterocycles. The van der Waals surface area contributed by atoms with Crippen LogP contribution in [-0.4, -0.2) is 29.9 Å². The molecular formula is C24H19NO5S2. The van der Waals surface area contributed by atoms with Gasteiger partial charge in [-0.25, -0.2) is 4.79 Å². The monoisotopic (exact) mass is 465 g/mol. The van der Waals surface area contributed by atoms with Crippen LogP contribution >= 0.6 is 24.0 Å². The standard InChI is InChI=1S/C24H19NO5S2/c1-3-29-23(27)16-8-6-7-15(13-16)19-12-11-17(30-19)14-21-22(26)25(24(31)32-21)18-9-4-5-10-20(18)28-2/h4-14H,3H2,1-2H3/b21-14+. The predicted molar refractivity (Wildman–Crippen MR) is 129 cm³/mol. The van der Waals surface area contributed by atoms with Crippen molar-refractivity contribution in [3.8, 4) is 17.1 Å². The van der Waals surface area contributed by atoms with Crippen molar-refractivity contribution < 1.29 is 23.5 Å². The second-order valence-electron chi connectivity index (χ2n) is 6.69. The third-order valence-electron chi connectivity index (χ3n) is 4.68. The van der Waals surface area contributed by atoms with Gasteiger partial charge in [-0.15, -0.1) is 0 Å². The van der Waals surface area contributed by atoms with E-state index in [1.54, 1.807) is 62.6 Å². The van der Waals surface area contributed by atoms with E-state index in [2.05, 4.69) is 0 Å². The van der Waals surface area contributed by atoms with Crippen molar-refractivity contribution in [2.24, 2.45) is 0 Å². The zero-order valence-electron chi connectivity index (χ0n) is 17.4. The van der Waals surface area contributed by atoms with Gasteiger partial charge < -0.3 is 13.9 Å². The highest BCUT2D eigenvalue weighted by atomic mass is 32.2. The minimum Gasteiger partial charge on any atom is -0.495 e. The van der Waals surface area contributed by atoms with Gasteiger partial charge in [-0.1, -0.05) is 48.2 Å². The summed E-state index contributed by atoms with van der Waals surface area (Å²) in [7, 11) is 1.55. The second-order valence-corrected chi connectivity index (χ2v) is 8.37. The number of ether oxygens (including phenoxy) is 2. The Hall–Kier alpha value is -3.36. The van der Waals surface area contributed by atoms with Crippen LogP contribution in [0.3, 0.4) is 0 Å². The summed E-state index contributed by atoms with van der Waals surface area (Å²) in [4.78, 5) is 26.9. The zero-order valence-corrected chi connectivity index (χ0v) is 19.0. The Morgan fingerprint density at radius 1 is 1.16 bits per heavy atom. The van der Waals surface area contributed by atoms with Gasteiger partial charge in [0.2, 0.25) is 0 Å². The Balaban J connectivity index is 1.59. The molecule has 0 N–H and O–H groups in total. The van der Waals surface area contributed by atoms with E-state index in [1.165, 1.54) is 16.7 Å². The number of carbonyl (C=O) groups excluding carboxylic acids is 2. The molecule has 0 saturated carbocycles. The summed E-state index contributed by atoms with van der Waals surface area (Å²) in [6.07, 6.45) is 1.66. The third kappa shape index (κ3) is 4.32. The Kier molecular flexibility index (Phi) is 6.43. The summed E-state index contributed by atoms with van der Waals surface area (Å²) in [5.41, 5.74) is 1.77. The molecule has 1 aromatic heterocycles. The molecule has 2 aromatic carbocycles. The van der Waals surface area contributed by atoms with Gasteiger partial charge in [0, 0.05) is 11.6 Å². The van der Waals surface area contributed by atoms with E-state index in [-0.39, 0.29) is 11.9 Å². The molecule has 162 valence electrons. The van der Waals surface area contributed by atoms with Crippen LogP contribution in [-0.2, 0) is 9.53 Å². The minimum atomic E-state index is -0.388. The SMILES string of the molecule is CCOC(=O)c1cccc(-c2ccc(/C=C3/SC(=S)N(c4ccccc4OC)C3=O)o2)c1. The van der Waals surface area contributed by atoms with Crippen molar-refractivity contribution in [3.05, 3.63) is 76.9 Å². The van der Waals surface area contributed by atoms with Gasteiger partial charge in [0.1, 0.15) is 17.3 Å². The van der Waals surface area contributed by atoms with Crippen LogP contribution in [0.5, 0.6) is 5.75 Å². The van der Waals surface area contributed by atoms with Gasteiger partial charge in [0.15, 0.2) is 4.32 Å². The quantitative estimate of drug-likeness (QED) is 0.269. The number of thiocarbonyl (C=S) groups is 1. The van der Waals surface area contributed by atoms with Crippen LogP contribution < -0.4 is 9.64 Å². The Morgan fingerprint density at radius 2 is 1.97 bits per heavy atom. The van der Waals surface area contributed by atoms with E-state index in [4.69, 9.17) is 26.1 Å². The van der Waals surface area contributed by atoms with Crippen molar-refractivity contribution in [2.45, 2.75) is 6.92 Å². The molecular weight excluding hydrogens is 446 g/mol. The lowest BCUT2D eigenvalue weighted by Crippen LogP contribution is -2.27. The first-order valence-electron chi connectivity index (χ1n) is 9.80. The molecule has 3 aromatic rings. The molecule has 0 spiro atoms. The number of carbonyl (C=O) groups is 2. The van der Waals surface area contributed by atoms with Gasteiger partial charge in [-0.05, 0) is 43.3 Å². The molecule has 0 bridgehead atoms. The molecule has 8 heteroatoms. The first kappa shape index (κ1) is 21.9. The van der Waals surface area contributed by atoms with Gasteiger partial charge in [-0.3, -0.25) is 9.69 Å². The van der Waals surface area contributed by atoms with E-state index in [1.807, 2.05) is 18.2 Å². The van der Waals surface area contributed by atoms with E-state index in [0.717, 1.165) is 5.56 Å². The molecule has 0 atom stereocenters. The molecule has 1 amide bonds. The summed E-state index contributed by atoms with van der Waals surface area (Å²) in [6, 6.07) is 17.8. The number of thioether (sulfide) groups is 1. The summed E-state index contributed by atoms with van der Waals surface area (Å²) in [5.74, 6) is 1.00. The Labute approximate surface area is 194 Å². The van der Waals surface area contributed by atoms with Crippen LogP contribution in [0.4, 0.5) is 5.69 Å². The molecule has 0 radical (unpaired) electrons. The number of anilines is 1. The maximum absolute atomic E-state index is 13.0. The highest BCUT2D eigenvalue weighted by Crippen LogP contribution is 2.40. The second kappa shape index (κ2) is 9.42. The Morgan fingerprint density at radius 3 is 2.75 bits per heavy atom. The number of hydrogen-bond acceptors (Lipinski definition) is 7. The number of nitrogens with zero attached hydrogens (tertiary/aromatic N) is 1. The van der Waals surface area contributed by atoms with Crippen LogP contribution in [0.1, 0.15) is 23.0 Å². The lowest BCUT2D eigenvalue weighted by atomic mass is 10.1. The van der Waals surface area contributed by atoms with Gasteiger partial charge in [0.05, 0.1) is 29.9 Å². The summed E-state index contributed by atoms with van der Waals surface area (Å²) in [6.45, 7) is 2.07. The number of amides is 1. The topological polar surface area (TPSA) is 69.0 Å². The van der Waals surface area contributed by atoms with Gasteiger partial charge in [0.25, 0.3) is 5.91 Å². The van der Waals surface area contributed by atoms with Crippen LogP contribution in [0.25, 0.3) is 17.4 Å². The first-order chi connectivity index (χ1) is 15.5. The lowest BCUT2D eigenvalue weighted by Gasteiger charge is -2.17. The van der Waals surface area contributed by atoms with Crippen LogP contribution in [0.2, 0.25) is 0 Å². The van der Waals surface area contributed by atoms with Crippen molar-refractivity contribution >= 4 is 51.9 Å². The largest absolute Gasteiger partial charge is 0.495 e. The van der Waals surface area contributed by atoms with E-state index in [0.29, 0.717) is 44.4 Å². The molecule has 6 nitrogen and oxygen atoms in total. The van der Waals surface area contributed by atoms with Crippen molar-refractivity contribution in [1.29, 1.82) is 0 Å². The first-order valence-corrected chi connectivity index (χ1v) is 11.0. The fraction of sp³-hybridized carbons (Fsp3) is 0.125. The lowest BCUT2D eigenvalue weighted by molar-refractivity contribution is -0.113.